The van der Waals surface area contributed by atoms with Gasteiger partial charge in [-0.25, -0.2) is 0 Å². The Kier molecular flexibility index (Phi) is 4.97. The molecule has 1 aliphatic rings. The monoisotopic (exact) mass is 262 g/mol. The molecule has 3 heteroatoms. The van der Waals surface area contributed by atoms with Crippen molar-refractivity contribution >= 4 is 5.78 Å². The van der Waals surface area contributed by atoms with E-state index in [1.165, 1.54) is 25.7 Å². The van der Waals surface area contributed by atoms with Crippen LogP contribution in [0.5, 0.6) is 5.75 Å². The number of ketones is 1. The molecule has 0 bridgehead atoms. The van der Waals surface area contributed by atoms with E-state index in [0.29, 0.717) is 18.1 Å². The molecule has 0 amide bonds. The van der Waals surface area contributed by atoms with Crippen molar-refractivity contribution < 1.29 is 14.3 Å². The topological polar surface area (TPSA) is 35.5 Å². The Morgan fingerprint density at radius 2 is 1.89 bits per heavy atom. The lowest BCUT2D eigenvalue weighted by Crippen LogP contribution is -2.23. The summed E-state index contributed by atoms with van der Waals surface area (Å²) in [7, 11) is 1.62. The van der Waals surface area contributed by atoms with E-state index in [9.17, 15) is 4.79 Å². The van der Waals surface area contributed by atoms with Gasteiger partial charge in [0.15, 0.2) is 5.78 Å². The molecule has 3 nitrogen and oxygen atoms in total. The maximum Gasteiger partial charge on any atom is 0.191 e. The van der Waals surface area contributed by atoms with Crippen LogP contribution in [0.4, 0.5) is 0 Å². The third-order valence-electron chi connectivity index (χ3n) is 3.80. The highest BCUT2D eigenvalue weighted by Crippen LogP contribution is 2.25. The van der Waals surface area contributed by atoms with Crippen LogP contribution >= 0.6 is 0 Å². The fourth-order valence-electron chi connectivity index (χ4n) is 2.52. The van der Waals surface area contributed by atoms with Crippen LogP contribution in [-0.4, -0.2) is 25.6 Å². The molecular formula is C16H22O3. The third-order valence-corrected chi connectivity index (χ3v) is 3.80. The molecule has 104 valence electrons. The first-order chi connectivity index (χ1) is 9.20. The Morgan fingerprint density at radius 3 is 2.47 bits per heavy atom. The van der Waals surface area contributed by atoms with Crippen LogP contribution in [0.2, 0.25) is 0 Å². The second kappa shape index (κ2) is 6.71. The SMILES string of the molecule is COc1ccc(C(=O)C(C)OCC2CCCC2)cc1. The van der Waals surface area contributed by atoms with Crippen molar-refractivity contribution in [3.05, 3.63) is 29.8 Å². The van der Waals surface area contributed by atoms with Crippen molar-refractivity contribution in [2.75, 3.05) is 13.7 Å². The number of ether oxygens (including phenoxy) is 2. The Hall–Kier alpha value is -1.35. The van der Waals surface area contributed by atoms with Crippen molar-refractivity contribution in [1.29, 1.82) is 0 Å². The molecule has 1 aliphatic carbocycles. The maximum atomic E-state index is 12.2. The van der Waals surface area contributed by atoms with E-state index < -0.39 is 0 Å². The number of hydrogen-bond donors (Lipinski definition) is 0. The van der Waals surface area contributed by atoms with Crippen molar-refractivity contribution in [2.24, 2.45) is 5.92 Å². The van der Waals surface area contributed by atoms with Crippen LogP contribution in [0.3, 0.4) is 0 Å². The van der Waals surface area contributed by atoms with Gasteiger partial charge in [0, 0.05) is 5.56 Å². The lowest BCUT2D eigenvalue weighted by Gasteiger charge is -2.15. The van der Waals surface area contributed by atoms with Crippen molar-refractivity contribution in [1.82, 2.24) is 0 Å². The van der Waals surface area contributed by atoms with Gasteiger partial charge in [-0.15, -0.1) is 0 Å². The molecule has 2 rings (SSSR count). The summed E-state index contributed by atoms with van der Waals surface area (Å²) in [5.74, 6) is 1.45. The molecule has 1 aromatic carbocycles. The molecule has 0 aromatic heterocycles. The van der Waals surface area contributed by atoms with Gasteiger partial charge in [-0.3, -0.25) is 4.79 Å². The van der Waals surface area contributed by atoms with Crippen LogP contribution in [0.1, 0.15) is 43.0 Å². The lowest BCUT2D eigenvalue weighted by molar-refractivity contribution is 0.0351. The predicted molar refractivity (Wildman–Crippen MR) is 74.7 cm³/mol. The molecule has 0 heterocycles. The Labute approximate surface area is 114 Å². The van der Waals surface area contributed by atoms with E-state index in [4.69, 9.17) is 9.47 Å². The largest absolute Gasteiger partial charge is 0.497 e. The summed E-state index contributed by atoms with van der Waals surface area (Å²) >= 11 is 0. The highest BCUT2D eigenvalue weighted by atomic mass is 16.5. The average Bonchev–Trinajstić information content (AvgIpc) is 2.97. The van der Waals surface area contributed by atoms with Gasteiger partial charge in [-0.2, -0.15) is 0 Å². The predicted octanol–water partition coefficient (Wildman–Crippen LogP) is 3.47. The van der Waals surface area contributed by atoms with Gasteiger partial charge in [0.05, 0.1) is 13.7 Å². The maximum absolute atomic E-state index is 12.2. The van der Waals surface area contributed by atoms with Crippen molar-refractivity contribution in [3.8, 4) is 5.75 Å². The summed E-state index contributed by atoms with van der Waals surface area (Å²) in [6.07, 6.45) is 4.71. The lowest BCUT2D eigenvalue weighted by atomic mass is 10.1. The first-order valence-corrected chi connectivity index (χ1v) is 7.00. The molecule has 0 aliphatic heterocycles. The van der Waals surface area contributed by atoms with Crippen LogP contribution in [0.15, 0.2) is 24.3 Å². The highest BCUT2D eigenvalue weighted by molar-refractivity contribution is 5.99. The zero-order chi connectivity index (χ0) is 13.7. The minimum absolute atomic E-state index is 0.0423. The standard InChI is InChI=1S/C16H22O3/c1-12(19-11-13-5-3-4-6-13)16(17)14-7-9-15(18-2)10-8-14/h7-10,12-13H,3-6,11H2,1-2H3. The number of rotatable bonds is 6. The van der Waals surface area contributed by atoms with E-state index in [-0.39, 0.29) is 11.9 Å². The molecule has 0 spiro atoms. The summed E-state index contributed by atoms with van der Waals surface area (Å²) in [6, 6.07) is 7.18. The zero-order valence-corrected chi connectivity index (χ0v) is 11.7. The second-order valence-corrected chi connectivity index (χ2v) is 5.22. The summed E-state index contributed by atoms with van der Waals surface area (Å²) in [5.41, 5.74) is 0.680. The summed E-state index contributed by atoms with van der Waals surface area (Å²) in [5, 5.41) is 0. The van der Waals surface area contributed by atoms with Crippen LogP contribution in [0, 0.1) is 5.92 Å². The van der Waals surface area contributed by atoms with Crippen molar-refractivity contribution in [2.45, 2.75) is 38.7 Å². The molecule has 1 unspecified atom stereocenters. The molecule has 0 saturated heterocycles. The van der Waals surface area contributed by atoms with E-state index in [1.54, 1.807) is 31.4 Å². The zero-order valence-electron chi connectivity index (χ0n) is 11.7. The van der Waals surface area contributed by atoms with Gasteiger partial charge in [0.2, 0.25) is 0 Å². The van der Waals surface area contributed by atoms with E-state index in [0.717, 1.165) is 5.75 Å². The molecule has 1 atom stereocenters. The Morgan fingerprint density at radius 1 is 1.26 bits per heavy atom. The van der Waals surface area contributed by atoms with Crippen LogP contribution in [-0.2, 0) is 4.74 Å². The van der Waals surface area contributed by atoms with Crippen molar-refractivity contribution in [3.63, 3.8) is 0 Å². The van der Waals surface area contributed by atoms with E-state index >= 15 is 0 Å². The molecule has 1 aromatic rings. The van der Waals surface area contributed by atoms with E-state index in [2.05, 4.69) is 0 Å². The third kappa shape index (κ3) is 3.80. The number of benzene rings is 1. The van der Waals surface area contributed by atoms with Gasteiger partial charge in [-0.05, 0) is 49.9 Å². The molecule has 1 fully saturated rings. The molecule has 1 saturated carbocycles. The van der Waals surface area contributed by atoms with Crippen LogP contribution in [0.25, 0.3) is 0 Å². The summed E-state index contributed by atoms with van der Waals surface area (Å²) in [4.78, 5) is 12.2. The molecule has 19 heavy (non-hydrogen) atoms. The van der Waals surface area contributed by atoms with E-state index in [1.807, 2.05) is 6.92 Å². The normalized spacial score (nSPS) is 17.4. The number of hydrogen-bond acceptors (Lipinski definition) is 3. The summed E-state index contributed by atoms with van der Waals surface area (Å²) in [6.45, 7) is 2.55. The second-order valence-electron chi connectivity index (χ2n) is 5.22. The Balaban J connectivity index is 1.86. The van der Waals surface area contributed by atoms with Crippen LogP contribution < -0.4 is 4.74 Å². The quantitative estimate of drug-likeness (QED) is 0.736. The number of Topliss-reactive ketones (excluding diaryl/α,β-unsaturated/α-hetero) is 1. The molecule has 0 N–H and O–H groups in total. The molecular weight excluding hydrogens is 240 g/mol. The summed E-state index contributed by atoms with van der Waals surface area (Å²) < 4.78 is 10.8. The highest BCUT2D eigenvalue weighted by Gasteiger charge is 2.20. The van der Waals surface area contributed by atoms with Gasteiger partial charge < -0.3 is 9.47 Å². The smallest absolute Gasteiger partial charge is 0.191 e. The number of carbonyl (C=O) groups is 1. The fraction of sp³-hybridized carbons (Fsp3) is 0.562. The van der Waals surface area contributed by atoms with Gasteiger partial charge >= 0.3 is 0 Å². The van der Waals surface area contributed by atoms with Gasteiger partial charge in [-0.1, -0.05) is 12.8 Å². The molecule has 0 radical (unpaired) electrons. The number of carbonyl (C=O) groups excluding carboxylic acids is 1. The number of methoxy groups -OCH3 is 1. The Bertz CT molecular complexity index is 405. The average molecular weight is 262 g/mol. The first kappa shape index (κ1) is 14.1. The van der Waals surface area contributed by atoms with Gasteiger partial charge in [0.25, 0.3) is 0 Å². The van der Waals surface area contributed by atoms with Gasteiger partial charge in [0.1, 0.15) is 11.9 Å². The minimum Gasteiger partial charge on any atom is -0.497 e. The fourth-order valence-corrected chi connectivity index (χ4v) is 2.52. The first-order valence-electron chi connectivity index (χ1n) is 7.00. The minimum atomic E-state index is -0.367.